The van der Waals surface area contributed by atoms with E-state index in [9.17, 15) is 13.6 Å². The van der Waals surface area contributed by atoms with Crippen LogP contribution in [-0.2, 0) is 6.54 Å². The molecule has 0 spiro atoms. The van der Waals surface area contributed by atoms with Crippen molar-refractivity contribution < 1.29 is 22.9 Å². The Morgan fingerprint density at radius 2 is 1.87 bits per heavy atom. The fraction of sp³-hybridized carbons (Fsp3) is 0.176. The average Bonchev–Trinajstić information content (AvgIpc) is 2.94. The Balaban J connectivity index is 1.93. The SMILES string of the molecule is COc1ccc(C(=O)C[n+]2cn(C(F)F)c3ccccc32)cc1. The first-order chi connectivity index (χ1) is 11.1. The summed E-state index contributed by atoms with van der Waals surface area (Å²) >= 11 is 0. The smallest absolute Gasteiger partial charge is 0.387 e. The lowest BCUT2D eigenvalue weighted by Gasteiger charge is -2.02. The molecule has 118 valence electrons. The lowest BCUT2D eigenvalue weighted by Crippen LogP contribution is -2.36. The standard InChI is InChI=1S/C17H15F2N2O2/c1-23-13-8-6-12(7-9-13)16(22)10-20-11-21(17(18)19)15-5-3-2-4-14(15)20/h2-9,11,17H,10H2,1H3/q+1. The number of ketones is 1. The molecule has 0 fully saturated rings. The second-order valence-electron chi connectivity index (χ2n) is 5.07. The van der Waals surface area contributed by atoms with Crippen molar-refractivity contribution in [1.82, 2.24) is 4.57 Å². The van der Waals surface area contributed by atoms with Crippen LogP contribution in [0.4, 0.5) is 8.78 Å². The van der Waals surface area contributed by atoms with Crippen molar-refractivity contribution in [1.29, 1.82) is 0 Å². The molecule has 0 aliphatic rings. The molecule has 23 heavy (non-hydrogen) atoms. The number of carbonyl (C=O) groups is 1. The Kier molecular flexibility index (Phi) is 4.06. The van der Waals surface area contributed by atoms with E-state index >= 15 is 0 Å². The van der Waals surface area contributed by atoms with E-state index in [0.717, 1.165) is 4.57 Å². The van der Waals surface area contributed by atoms with Crippen molar-refractivity contribution in [3.63, 3.8) is 0 Å². The first-order valence-corrected chi connectivity index (χ1v) is 7.04. The molecule has 0 aliphatic heterocycles. The van der Waals surface area contributed by atoms with E-state index in [4.69, 9.17) is 4.74 Å². The summed E-state index contributed by atoms with van der Waals surface area (Å²) < 4.78 is 33.7. The van der Waals surface area contributed by atoms with Gasteiger partial charge in [-0.3, -0.25) is 4.79 Å². The fourth-order valence-corrected chi connectivity index (χ4v) is 2.50. The number of imidazole rings is 1. The number of nitrogens with zero attached hydrogens (tertiary/aromatic N) is 2. The number of rotatable bonds is 5. The predicted molar refractivity (Wildman–Crippen MR) is 80.7 cm³/mol. The van der Waals surface area contributed by atoms with Gasteiger partial charge in [0.1, 0.15) is 5.75 Å². The van der Waals surface area contributed by atoms with Gasteiger partial charge >= 0.3 is 6.55 Å². The van der Waals surface area contributed by atoms with Crippen molar-refractivity contribution in [3.05, 3.63) is 60.4 Å². The van der Waals surface area contributed by atoms with E-state index in [2.05, 4.69) is 0 Å². The summed E-state index contributed by atoms with van der Waals surface area (Å²) in [5.74, 6) is 0.498. The molecule has 0 radical (unpaired) electrons. The third-order valence-electron chi connectivity index (χ3n) is 3.67. The molecular weight excluding hydrogens is 302 g/mol. The Morgan fingerprint density at radius 1 is 1.17 bits per heavy atom. The van der Waals surface area contributed by atoms with Crippen LogP contribution in [0.25, 0.3) is 11.0 Å². The van der Waals surface area contributed by atoms with E-state index in [0.29, 0.717) is 22.3 Å². The van der Waals surface area contributed by atoms with Gasteiger partial charge in [0.2, 0.25) is 12.1 Å². The van der Waals surface area contributed by atoms with E-state index < -0.39 is 6.55 Å². The Morgan fingerprint density at radius 3 is 2.52 bits per heavy atom. The summed E-state index contributed by atoms with van der Waals surface area (Å²) in [6, 6.07) is 13.5. The largest absolute Gasteiger partial charge is 0.497 e. The number of fused-ring (bicyclic) bond motifs is 1. The molecule has 0 unspecified atom stereocenters. The highest BCUT2D eigenvalue weighted by molar-refractivity contribution is 5.95. The summed E-state index contributed by atoms with van der Waals surface area (Å²) in [4.78, 5) is 12.4. The minimum absolute atomic E-state index is 0.00738. The number of aromatic nitrogens is 2. The maximum atomic E-state index is 13.1. The van der Waals surface area contributed by atoms with Crippen LogP contribution in [0.3, 0.4) is 0 Å². The fourth-order valence-electron chi connectivity index (χ4n) is 2.50. The zero-order valence-corrected chi connectivity index (χ0v) is 12.4. The normalized spacial score (nSPS) is 11.1. The Hall–Kier alpha value is -2.76. The average molecular weight is 317 g/mol. The topological polar surface area (TPSA) is 35.1 Å². The summed E-state index contributed by atoms with van der Waals surface area (Å²) in [6.07, 6.45) is 1.27. The highest BCUT2D eigenvalue weighted by Crippen LogP contribution is 2.18. The van der Waals surface area contributed by atoms with Crippen molar-refractivity contribution >= 4 is 16.8 Å². The number of methoxy groups -OCH3 is 1. The molecule has 4 nitrogen and oxygen atoms in total. The van der Waals surface area contributed by atoms with Crippen molar-refractivity contribution in [3.8, 4) is 5.75 Å². The quantitative estimate of drug-likeness (QED) is 0.535. The van der Waals surface area contributed by atoms with Gasteiger partial charge in [0.15, 0.2) is 17.6 Å². The lowest BCUT2D eigenvalue weighted by atomic mass is 10.1. The van der Waals surface area contributed by atoms with Gasteiger partial charge in [-0.2, -0.15) is 13.3 Å². The monoisotopic (exact) mass is 317 g/mol. The van der Waals surface area contributed by atoms with Gasteiger partial charge in [0, 0.05) is 5.56 Å². The summed E-state index contributed by atoms with van der Waals surface area (Å²) in [5, 5.41) is 0. The summed E-state index contributed by atoms with van der Waals surface area (Å²) in [5.41, 5.74) is 1.49. The minimum atomic E-state index is -2.66. The van der Waals surface area contributed by atoms with E-state index in [1.165, 1.54) is 10.9 Å². The number of para-hydroxylation sites is 2. The number of hydrogen-bond acceptors (Lipinski definition) is 2. The molecule has 0 bridgehead atoms. The highest BCUT2D eigenvalue weighted by atomic mass is 19.3. The Bertz CT molecular complexity index is 841. The van der Waals surface area contributed by atoms with Crippen LogP contribution < -0.4 is 9.30 Å². The summed E-state index contributed by atoms with van der Waals surface area (Å²) in [7, 11) is 1.55. The molecule has 3 rings (SSSR count). The third kappa shape index (κ3) is 2.92. The van der Waals surface area contributed by atoms with Gasteiger partial charge in [-0.05, 0) is 36.4 Å². The van der Waals surface area contributed by atoms with Crippen LogP contribution in [0.1, 0.15) is 16.9 Å². The molecule has 2 aromatic carbocycles. The minimum Gasteiger partial charge on any atom is -0.497 e. The van der Waals surface area contributed by atoms with Crippen LogP contribution >= 0.6 is 0 Å². The van der Waals surface area contributed by atoms with Crippen molar-refractivity contribution in [2.24, 2.45) is 0 Å². The van der Waals surface area contributed by atoms with Crippen LogP contribution in [0.5, 0.6) is 5.75 Å². The maximum Gasteiger partial charge on any atom is 0.387 e. The molecule has 0 saturated carbocycles. The first-order valence-electron chi connectivity index (χ1n) is 7.04. The number of ether oxygens (including phenoxy) is 1. The van der Waals surface area contributed by atoms with Crippen LogP contribution in [0.2, 0.25) is 0 Å². The van der Waals surface area contributed by atoms with Gasteiger partial charge in [-0.25, -0.2) is 4.57 Å². The number of hydrogen-bond donors (Lipinski definition) is 0. The number of benzene rings is 2. The zero-order valence-electron chi connectivity index (χ0n) is 12.4. The van der Waals surface area contributed by atoms with Gasteiger partial charge in [0.25, 0.3) is 0 Å². The number of halogens is 2. The third-order valence-corrected chi connectivity index (χ3v) is 3.67. The molecule has 3 aromatic rings. The molecule has 1 heterocycles. The molecule has 0 N–H and O–H groups in total. The van der Waals surface area contributed by atoms with E-state index in [-0.39, 0.29) is 12.3 Å². The van der Waals surface area contributed by atoms with Gasteiger partial charge in [-0.1, -0.05) is 12.1 Å². The van der Waals surface area contributed by atoms with Crippen molar-refractivity contribution in [2.45, 2.75) is 13.1 Å². The van der Waals surface area contributed by atoms with Gasteiger partial charge < -0.3 is 4.74 Å². The highest BCUT2D eigenvalue weighted by Gasteiger charge is 2.23. The van der Waals surface area contributed by atoms with E-state index in [1.54, 1.807) is 55.6 Å². The van der Waals surface area contributed by atoms with Gasteiger partial charge in [0.05, 0.1) is 7.11 Å². The molecule has 0 saturated heterocycles. The molecule has 0 atom stereocenters. The number of alkyl halides is 2. The summed E-state index contributed by atoms with van der Waals surface area (Å²) in [6.45, 7) is -2.66. The van der Waals surface area contributed by atoms with Gasteiger partial charge in [-0.15, -0.1) is 0 Å². The second kappa shape index (κ2) is 6.16. The molecule has 1 aromatic heterocycles. The molecule has 0 aliphatic carbocycles. The first kappa shape index (κ1) is 15.1. The van der Waals surface area contributed by atoms with Crippen molar-refractivity contribution in [2.75, 3.05) is 7.11 Å². The maximum absolute atomic E-state index is 13.1. The zero-order chi connectivity index (χ0) is 16.4. The van der Waals surface area contributed by atoms with Crippen LogP contribution in [0, 0.1) is 0 Å². The predicted octanol–water partition coefficient (Wildman–Crippen LogP) is 3.22. The molecule has 6 heteroatoms. The lowest BCUT2D eigenvalue weighted by molar-refractivity contribution is -0.658. The van der Waals surface area contributed by atoms with E-state index in [1.807, 2.05) is 0 Å². The molecule has 0 amide bonds. The number of Topliss-reactive ketones (excluding diaryl/α,β-unsaturated/α-hetero) is 1. The second-order valence-corrected chi connectivity index (χ2v) is 5.07. The molecular formula is C17H15F2N2O2+. The number of carbonyl (C=O) groups excluding carboxylic acids is 1. The Labute approximate surface area is 131 Å². The van der Waals surface area contributed by atoms with Crippen LogP contribution in [0.15, 0.2) is 54.9 Å². The van der Waals surface area contributed by atoms with Crippen LogP contribution in [-0.4, -0.2) is 17.5 Å².